The van der Waals surface area contributed by atoms with Crippen LogP contribution >= 0.6 is 0 Å². The average Bonchev–Trinajstić information content (AvgIpc) is 2.87. The third-order valence-corrected chi connectivity index (χ3v) is 3.26. The number of alkyl halides is 3. The van der Waals surface area contributed by atoms with E-state index >= 15 is 0 Å². The Morgan fingerprint density at radius 2 is 1.81 bits per heavy atom. The molecule has 0 aliphatic carbocycles. The predicted molar refractivity (Wildman–Crippen MR) is 76.0 cm³/mol. The van der Waals surface area contributed by atoms with E-state index in [4.69, 9.17) is 0 Å². The van der Waals surface area contributed by atoms with Gasteiger partial charge in [0.05, 0.1) is 23.5 Å². The summed E-state index contributed by atoms with van der Waals surface area (Å²) in [7, 11) is 0. The summed E-state index contributed by atoms with van der Waals surface area (Å²) in [5.41, 5.74) is 2.06. The van der Waals surface area contributed by atoms with Crippen LogP contribution in [0.4, 0.5) is 18.9 Å². The Hall–Kier alpha value is -1.98. The average molecular weight is 297 g/mol. The van der Waals surface area contributed by atoms with Crippen LogP contribution < -0.4 is 5.32 Å². The van der Waals surface area contributed by atoms with Gasteiger partial charge in [-0.25, -0.2) is 0 Å². The van der Waals surface area contributed by atoms with Crippen molar-refractivity contribution in [2.75, 3.05) is 5.32 Å². The van der Waals surface area contributed by atoms with Gasteiger partial charge in [0.15, 0.2) is 0 Å². The van der Waals surface area contributed by atoms with E-state index in [1.54, 1.807) is 0 Å². The first-order valence-electron chi connectivity index (χ1n) is 6.90. The van der Waals surface area contributed by atoms with Crippen molar-refractivity contribution < 1.29 is 13.2 Å². The first-order valence-corrected chi connectivity index (χ1v) is 6.90. The third-order valence-electron chi connectivity index (χ3n) is 3.26. The lowest BCUT2D eigenvalue weighted by Gasteiger charge is -2.10. The molecule has 1 heterocycles. The van der Waals surface area contributed by atoms with Gasteiger partial charge in [0.1, 0.15) is 0 Å². The molecular weight excluding hydrogens is 279 g/mol. The maximum absolute atomic E-state index is 12.5. The van der Waals surface area contributed by atoms with Crippen molar-refractivity contribution in [2.24, 2.45) is 0 Å². The number of nitrogens with zero attached hydrogens (tertiary/aromatic N) is 2. The molecule has 0 unspecified atom stereocenters. The number of anilines is 1. The summed E-state index contributed by atoms with van der Waals surface area (Å²) in [5.74, 6) is 0. The zero-order valence-electron chi connectivity index (χ0n) is 12.0. The van der Waals surface area contributed by atoms with Crippen molar-refractivity contribution in [1.82, 2.24) is 9.78 Å². The van der Waals surface area contributed by atoms with Gasteiger partial charge in [0.2, 0.25) is 0 Å². The molecule has 21 heavy (non-hydrogen) atoms. The van der Waals surface area contributed by atoms with Gasteiger partial charge >= 0.3 is 6.18 Å². The minimum Gasteiger partial charge on any atom is -0.379 e. The zero-order chi connectivity index (χ0) is 15.5. The van der Waals surface area contributed by atoms with Gasteiger partial charge in [-0.15, -0.1) is 0 Å². The number of halogens is 3. The smallest absolute Gasteiger partial charge is 0.379 e. The molecule has 0 amide bonds. The molecule has 0 saturated carbocycles. The largest absolute Gasteiger partial charge is 0.416 e. The van der Waals surface area contributed by atoms with Crippen molar-refractivity contribution in [3.8, 4) is 0 Å². The number of hydrogen-bond acceptors (Lipinski definition) is 2. The molecule has 0 saturated heterocycles. The van der Waals surface area contributed by atoms with E-state index < -0.39 is 11.7 Å². The highest BCUT2D eigenvalue weighted by Gasteiger charge is 2.29. The van der Waals surface area contributed by atoms with Crippen LogP contribution in [0.15, 0.2) is 30.3 Å². The van der Waals surface area contributed by atoms with Crippen molar-refractivity contribution >= 4 is 5.69 Å². The molecule has 3 nitrogen and oxygen atoms in total. The number of hydrogen-bond donors (Lipinski definition) is 1. The van der Waals surface area contributed by atoms with E-state index in [0.29, 0.717) is 12.2 Å². The fraction of sp³-hybridized carbons (Fsp3) is 0.400. The second-order valence-corrected chi connectivity index (χ2v) is 4.72. The molecule has 1 aromatic carbocycles. The number of nitrogens with one attached hydrogen (secondary N) is 1. The minimum atomic E-state index is -4.30. The Morgan fingerprint density at radius 1 is 1.14 bits per heavy atom. The summed E-state index contributed by atoms with van der Waals surface area (Å²) >= 11 is 0. The lowest BCUT2D eigenvalue weighted by Crippen LogP contribution is -2.08. The molecular formula is C15H18F3N3. The third kappa shape index (κ3) is 3.77. The molecule has 0 atom stereocenters. The summed E-state index contributed by atoms with van der Waals surface area (Å²) in [6.45, 7) is 5.35. The Kier molecular flexibility index (Phi) is 4.55. The number of aromatic nitrogens is 2. The highest BCUT2D eigenvalue weighted by molar-refractivity contribution is 5.45. The van der Waals surface area contributed by atoms with Gasteiger partial charge < -0.3 is 5.32 Å². The highest BCUT2D eigenvalue weighted by atomic mass is 19.4. The standard InChI is InChI=1S/C15H18F3N3/c1-3-12-9-14(21(4-2)20-12)10-19-13-7-5-11(6-8-13)15(16,17)18/h5-9,19H,3-4,10H2,1-2H3. The fourth-order valence-corrected chi connectivity index (χ4v) is 2.07. The monoisotopic (exact) mass is 297 g/mol. The van der Waals surface area contributed by atoms with Crippen LogP contribution in [0.3, 0.4) is 0 Å². The maximum Gasteiger partial charge on any atom is 0.416 e. The highest BCUT2D eigenvalue weighted by Crippen LogP contribution is 2.29. The molecule has 114 valence electrons. The van der Waals surface area contributed by atoms with Gasteiger partial charge in [-0.1, -0.05) is 6.92 Å². The first kappa shape index (κ1) is 15.4. The van der Waals surface area contributed by atoms with Crippen LogP contribution in [0, 0.1) is 0 Å². The summed E-state index contributed by atoms with van der Waals surface area (Å²) in [4.78, 5) is 0. The van der Waals surface area contributed by atoms with Crippen LogP contribution in [0.2, 0.25) is 0 Å². The van der Waals surface area contributed by atoms with Gasteiger partial charge in [-0.3, -0.25) is 4.68 Å². The Morgan fingerprint density at radius 3 is 2.33 bits per heavy atom. The maximum atomic E-state index is 12.5. The Bertz CT molecular complexity index is 585. The molecule has 6 heteroatoms. The van der Waals surface area contributed by atoms with E-state index in [0.717, 1.165) is 36.5 Å². The van der Waals surface area contributed by atoms with Crippen LogP contribution in [-0.4, -0.2) is 9.78 Å². The van der Waals surface area contributed by atoms with Crippen molar-refractivity contribution in [2.45, 2.75) is 39.5 Å². The lowest BCUT2D eigenvalue weighted by atomic mass is 10.2. The Balaban J connectivity index is 2.04. The molecule has 0 spiro atoms. The van der Waals surface area contributed by atoms with Crippen LogP contribution in [0.25, 0.3) is 0 Å². The molecule has 1 aromatic heterocycles. The lowest BCUT2D eigenvalue weighted by molar-refractivity contribution is -0.137. The van der Waals surface area contributed by atoms with E-state index in [-0.39, 0.29) is 0 Å². The predicted octanol–water partition coefficient (Wildman–Crippen LogP) is 4.10. The molecule has 2 aromatic rings. The van der Waals surface area contributed by atoms with Gasteiger partial charge in [0.25, 0.3) is 0 Å². The van der Waals surface area contributed by atoms with E-state index in [9.17, 15) is 13.2 Å². The normalized spacial score (nSPS) is 11.7. The molecule has 2 rings (SSSR count). The van der Waals surface area contributed by atoms with Crippen molar-refractivity contribution in [3.63, 3.8) is 0 Å². The number of aryl methyl sites for hydroxylation is 2. The SMILES string of the molecule is CCc1cc(CNc2ccc(C(F)(F)F)cc2)n(CC)n1. The summed E-state index contributed by atoms with van der Waals surface area (Å²) < 4.78 is 39.3. The van der Waals surface area contributed by atoms with Crippen LogP contribution in [-0.2, 0) is 25.7 Å². The number of rotatable bonds is 5. The quantitative estimate of drug-likeness (QED) is 0.900. The van der Waals surface area contributed by atoms with Gasteiger partial charge in [0, 0.05) is 12.2 Å². The minimum absolute atomic E-state index is 0.534. The van der Waals surface area contributed by atoms with Crippen LogP contribution in [0.5, 0.6) is 0 Å². The molecule has 0 aliphatic heterocycles. The second kappa shape index (κ2) is 6.20. The van der Waals surface area contributed by atoms with Crippen LogP contribution in [0.1, 0.15) is 30.8 Å². The van der Waals surface area contributed by atoms with E-state index in [2.05, 4.69) is 10.4 Å². The summed E-state index contributed by atoms with van der Waals surface area (Å²) in [5, 5.41) is 7.56. The van der Waals surface area contributed by atoms with E-state index in [1.807, 2.05) is 24.6 Å². The summed E-state index contributed by atoms with van der Waals surface area (Å²) in [6, 6.07) is 7.06. The van der Waals surface area contributed by atoms with Gasteiger partial charge in [-0.2, -0.15) is 18.3 Å². The van der Waals surface area contributed by atoms with Crippen molar-refractivity contribution in [3.05, 3.63) is 47.3 Å². The first-order chi connectivity index (χ1) is 9.94. The molecule has 0 bridgehead atoms. The van der Waals surface area contributed by atoms with Crippen molar-refractivity contribution in [1.29, 1.82) is 0 Å². The molecule has 0 aliphatic rings. The van der Waals surface area contributed by atoms with E-state index in [1.165, 1.54) is 12.1 Å². The fourth-order valence-electron chi connectivity index (χ4n) is 2.07. The number of benzene rings is 1. The Labute approximate surface area is 121 Å². The molecule has 1 N–H and O–H groups in total. The molecule has 0 radical (unpaired) electrons. The van der Waals surface area contributed by atoms with Gasteiger partial charge in [-0.05, 0) is 43.7 Å². The zero-order valence-corrected chi connectivity index (χ0v) is 12.0. The second-order valence-electron chi connectivity index (χ2n) is 4.72. The summed E-state index contributed by atoms with van der Waals surface area (Å²) in [6.07, 6.45) is -3.43. The molecule has 0 fully saturated rings. The topological polar surface area (TPSA) is 29.9 Å².